The monoisotopic (exact) mass is 521 g/mol. The molecule has 2 aromatic rings. The third kappa shape index (κ3) is 5.34. The third-order valence-corrected chi connectivity index (χ3v) is 9.60. The number of nitrogens with one attached hydrogen (secondary N) is 1. The van der Waals surface area contributed by atoms with Gasteiger partial charge in [-0.2, -0.15) is 4.98 Å². The average Bonchev–Trinajstić information content (AvgIpc) is 3.15. The Morgan fingerprint density at radius 2 is 1.91 bits per heavy atom. The van der Waals surface area contributed by atoms with Crippen molar-refractivity contribution in [1.29, 1.82) is 0 Å². The zero-order chi connectivity index (χ0) is 24.1. The van der Waals surface area contributed by atoms with E-state index in [4.69, 9.17) is 24.8 Å². The number of imidazole rings is 1. The van der Waals surface area contributed by atoms with Crippen molar-refractivity contribution in [3.05, 3.63) is 16.7 Å². The molecule has 3 rings (SSSR count). The van der Waals surface area contributed by atoms with E-state index >= 15 is 0 Å². The van der Waals surface area contributed by atoms with Gasteiger partial charge in [-0.25, -0.2) is 13.9 Å². The van der Waals surface area contributed by atoms with E-state index in [-0.39, 0.29) is 17.1 Å². The van der Waals surface area contributed by atoms with Crippen LogP contribution in [0.5, 0.6) is 0 Å². The second-order valence-electron chi connectivity index (χ2n) is 6.41. The summed E-state index contributed by atoms with van der Waals surface area (Å²) in [7, 11) is -14.6. The molecule has 0 saturated carbocycles. The fourth-order valence-electron chi connectivity index (χ4n) is 2.71. The molecular formula is C11H18N5O13P3. The van der Waals surface area contributed by atoms with Crippen LogP contribution in [0.25, 0.3) is 11.2 Å². The molecule has 0 radical (unpaired) electrons. The highest BCUT2D eigenvalue weighted by atomic mass is 31.3. The second kappa shape index (κ2) is 8.68. The van der Waals surface area contributed by atoms with Gasteiger partial charge in [0.15, 0.2) is 29.6 Å². The first-order valence-electron chi connectivity index (χ1n) is 8.30. The number of hydrogen-bond acceptors (Lipinski definition) is 13. The van der Waals surface area contributed by atoms with E-state index in [0.717, 1.165) is 18.0 Å². The van der Waals surface area contributed by atoms with Gasteiger partial charge >= 0.3 is 23.0 Å². The molecule has 1 fully saturated rings. The van der Waals surface area contributed by atoms with Gasteiger partial charge in [-0.1, -0.05) is 0 Å². The first-order valence-corrected chi connectivity index (χ1v) is 13.3. The lowest BCUT2D eigenvalue weighted by atomic mass is 10.2. The number of H-pyrrole nitrogens is 1. The van der Waals surface area contributed by atoms with Gasteiger partial charge in [-0.3, -0.25) is 32.5 Å². The molecule has 0 bridgehead atoms. The van der Waals surface area contributed by atoms with E-state index in [2.05, 4.69) is 23.8 Å². The molecule has 0 aliphatic carbocycles. The number of fused-ring (bicyclic) bond motifs is 1. The molecule has 1 saturated heterocycles. The van der Waals surface area contributed by atoms with Crippen LogP contribution < -0.4 is 11.3 Å². The average molecular weight is 521 g/mol. The zero-order valence-corrected chi connectivity index (χ0v) is 18.5. The first-order chi connectivity index (χ1) is 14.6. The Labute approximate surface area is 177 Å². The Morgan fingerprint density at radius 1 is 1.25 bits per heavy atom. The quantitative estimate of drug-likeness (QED) is 0.192. The molecule has 21 heteroatoms. The van der Waals surface area contributed by atoms with E-state index in [1.165, 1.54) is 0 Å². The molecule has 18 nitrogen and oxygen atoms in total. The maximum atomic E-state index is 12.6. The van der Waals surface area contributed by atoms with E-state index in [0.29, 0.717) is 0 Å². The van der Waals surface area contributed by atoms with E-state index in [1.807, 2.05) is 0 Å². The van der Waals surface area contributed by atoms with Crippen LogP contribution in [0.1, 0.15) is 6.23 Å². The number of nitrogens with zero attached hydrogens (tertiary/aromatic N) is 3. The third-order valence-electron chi connectivity index (χ3n) is 3.97. The van der Waals surface area contributed by atoms with Crippen molar-refractivity contribution in [2.45, 2.75) is 24.7 Å². The molecule has 180 valence electrons. The van der Waals surface area contributed by atoms with Crippen molar-refractivity contribution < 1.29 is 56.7 Å². The Bertz CT molecular complexity index is 1210. The van der Waals surface area contributed by atoms with Crippen molar-refractivity contribution in [3.63, 3.8) is 0 Å². The molecule has 8 N–H and O–H groups in total. The Hall–Kier alpha value is -1.52. The van der Waals surface area contributed by atoms with Crippen LogP contribution in [0.4, 0.5) is 5.95 Å². The predicted octanol–water partition coefficient (Wildman–Crippen LogP) is -1.61. The summed E-state index contributed by atoms with van der Waals surface area (Å²) >= 11 is 0. The standard InChI is InChI=1S/C11H18N5O13P3/c1-26-32(25,29-31(23,24)3-30(20,21)22)28-10-6(18)5(17)9(27-10)16-2-13-4-7(16)14-11(12)15-8(4)19/h2,5-6,9-10,17-18H,3H2,1H3,(H,23,24)(H2,20,21,22)(H3,12,14,15,19)/t5-,6+,9-,10-,32?/m1/s1. The predicted molar refractivity (Wildman–Crippen MR) is 102 cm³/mol. The van der Waals surface area contributed by atoms with Crippen molar-refractivity contribution in [2.75, 3.05) is 18.7 Å². The number of anilines is 1. The summed E-state index contributed by atoms with van der Waals surface area (Å²) in [6.07, 6.45) is -6.21. The van der Waals surface area contributed by atoms with Crippen LogP contribution >= 0.6 is 23.0 Å². The summed E-state index contributed by atoms with van der Waals surface area (Å²) in [5.41, 5.74) is 4.46. The topological polar surface area (TPSA) is 279 Å². The number of hydrogen-bond donors (Lipinski definition) is 7. The molecule has 1 aliphatic rings. The van der Waals surface area contributed by atoms with Crippen LogP contribution in [0.15, 0.2) is 11.1 Å². The molecular weight excluding hydrogens is 503 g/mol. The van der Waals surface area contributed by atoms with Gasteiger partial charge in [0.25, 0.3) is 5.56 Å². The number of aliphatic hydroxyl groups excluding tert-OH is 2. The molecule has 32 heavy (non-hydrogen) atoms. The minimum Gasteiger partial charge on any atom is -0.385 e. The van der Waals surface area contributed by atoms with Crippen LogP contribution in [0.3, 0.4) is 0 Å². The van der Waals surface area contributed by atoms with Gasteiger partial charge in [0.2, 0.25) is 5.95 Å². The lowest BCUT2D eigenvalue weighted by Crippen LogP contribution is -2.32. The SMILES string of the molecule is COP(=O)(O[C@H]1O[C@@H](n2cnc3c(=O)[nH]c(N)nc32)[C@H](O)[C@@H]1O)OP(=O)(O)CP(=O)(O)O. The number of phosphoric acid groups is 1. The molecule has 2 aromatic heterocycles. The number of aliphatic hydroxyl groups is 2. The number of nitrogen functional groups attached to an aromatic ring is 1. The number of ether oxygens (including phenoxy) is 1. The molecule has 0 spiro atoms. The first kappa shape index (κ1) is 25.1. The van der Waals surface area contributed by atoms with Gasteiger partial charge < -0.3 is 35.4 Å². The fourth-order valence-corrected chi connectivity index (χ4v) is 7.43. The van der Waals surface area contributed by atoms with E-state index < -0.39 is 59.2 Å². The normalized spacial score (nSPS) is 27.9. The lowest BCUT2D eigenvalue weighted by molar-refractivity contribution is -0.134. The summed E-state index contributed by atoms with van der Waals surface area (Å²) < 4.78 is 55.2. The van der Waals surface area contributed by atoms with Gasteiger partial charge in [0.05, 0.1) is 6.33 Å². The number of nitrogens with two attached hydrogens (primary N) is 1. The number of aromatic amines is 1. The summed E-state index contributed by atoms with van der Waals surface area (Å²) in [6.45, 7) is 0. The number of aromatic nitrogens is 4. The Balaban J connectivity index is 1.85. The molecule has 1 aliphatic heterocycles. The van der Waals surface area contributed by atoms with Crippen molar-refractivity contribution >= 4 is 40.1 Å². The van der Waals surface area contributed by atoms with Crippen LogP contribution in [0.2, 0.25) is 0 Å². The van der Waals surface area contributed by atoms with Gasteiger partial charge in [-0.15, -0.1) is 0 Å². The largest absolute Gasteiger partial charge is 0.484 e. The summed E-state index contributed by atoms with van der Waals surface area (Å²) in [6, 6.07) is 0. The second-order valence-corrected chi connectivity index (χ2v) is 12.3. The van der Waals surface area contributed by atoms with Crippen LogP contribution in [-0.2, 0) is 31.8 Å². The van der Waals surface area contributed by atoms with Crippen molar-refractivity contribution in [3.8, 4) is 0 Å². The molecule has 2 unspecified atom stereocenters. The summed E-state index contributed by atoms with van der Waals surface area (Å²) in [5, 5.41) is 20.5. The maximum Gasteiger partial charge on any atom is 0.484 e. The Morgan fingerprint density at radius 3 is 2.50 bits per heavy atom. The molecule has 0 amide bonds. The van der Waals surface area contributed by atoms with E-state index in [9.17, 15) is 33.6 Å². The molecule has 0 aromatic carbocycles. The lowest BCUT2D eigenvalue weighted by Gasteiger charge is -2.23. The minimum absolute atomic E-state index is 0.143. The molecule has 3 heterocycles. The fraction of sp³-hybridized carbons (Fsp3) is 0.545. The van der Waals surface area contributed by atoms with Gasteiger partial charge in [-0.05, 0) is 0 Å². The number of phosphoric ester groups is 1. The zero-order valence-electron chi connectivity index (χ0n) is 15.9. The minimum atomic E-state index is -5.20. The van der Waals surface area contributed by atoms with Gasteiger partial charge in [0, 0.05) is 7.11 Å². The maximum absolute atomic E-state index is 12.6. The van der Waals surface area contributed by atoms with Gasteiger partial charge in [0.1, 0.15) is 12.2 Å². The van der Waals surface area contributed by atoms with Crippen LogP contribution in [0, 0.1) is 0 Å². The molecule has 6 atom stereocenters. The Kier molecular flexibility index (Phi) is 6.81. The highest BCUT2D eigenvalue weighted by molar-refractivity contribution is 7.73. The van der Waals surface area contributed by atoms with E-state index in [1.54, 1.807) is 0 Å². The van der Waals surface area contributed by atoms with Crippen LogP contribution in [-0.4, -0.2) is 75.9 Å². The van der Waals surface area contributed by atoms with Crippen molar-refractivity contribution in [2.24, 2.45) is 0 Å². The highest BCUT2D eigenvalue weighted by Gasteiger charge is 2.50. The highest BCUT2D eigenvalue weighted by Crippen LogP contribution is 2.67. The smallest absolute Gasteiger partial charge is 0.385 e. The summed E-state index contributed by atoms with van der Waals surface area (Å²) in [5.74, 6) is -1.98. The van der Waals surface area contributed by atoms with Crippen molar-refractivity contribution in [1.82, 2.24) is 19.5 Å². The summed E-state index contributed by atoms with van der Waals surface area (Å²) in [4.78, 5) is 49.0. The number of rotatable bonds is 8.